The van der Waals surface area contributed by atoms with Crippen molar-refractivity contribution < 1.29 is 9.53 Å². The maximum Gasteiger partial charge on any atom is 0.317 e. The van der Waals surface area contributed by atoms with E-state index in [4.69, 9.17) is 10.5 Å². The highest BCUT2D eigenvalue weighted by atomic mass is 16.5. The molecule has 126 valence electrons. The van der Waals surface area contributed by atoms with Crippen LogP contribution in [-0.4, -0.2) is 19.1 Å². The van der Waals surface area contributed by atoms with Crippen LogP contribution in [0.3, 0.4) is 0 Å². The van der Waals surface area contributed by atoms with Gasteiger partial charge in [0, 0.05) is 5.41 Å². The second-order valence-corrected chi connectivity index (χ2v) is 6.64. The Kier molecular flexibility index (Phi) is 4.72. The number of ether oxygens (including phenoxy) is 1. The molecule has 2 atom stereocenters. The van der Waals surface area contributed by atoms with Gasteiger partial charge in [0.1, 0.15) is 5.41 Å². The van der Waals surface area contributed by atoms with Crippen molar-refractivity contribution in [2.24, 2.45) is 11.1 Å². The first-order valence-electron chi connectivity index (χ1n) is 8.65. The third-order valence-electron chi connectivity index (χ3n) is 5.40. The molecule has 0 aliphatic heterocycles. The summed E-state index contributed by atoms with van der Waals surface area (Å²) in [6.07, 6.45) is 2.58. The lowest BCUT2D eigenvalue weighted by atomic mass is 9.82. The summed E-state index contributed by atoms with van der Waals surface area (Å²) in [4.78, 5) is 12.8. The third-order valence-corrected chi connectivity index (χ3v) is 5.40. The molecule has 0 heterocycles. The van der Waals surface area contributed by atoms with Crippen molar-refractivity contribution in [3.63, 3.8) is 0 Å². The molecule has 0 spiro atoms. The minimum atomic E-state index is -0.589. The van der Waals surface area contributed by atoms with E-state index >= 15 is 0 Å². The van der Waals surface area contributed by atoms with Crippen LogP contribution in [0.5, 0.6) is 0 Å². The minimum Gasteiger partial charge on any atom is -0.465 e. The SMILES string of the molecule is CCOC(=O)C1(c2ccccc2)CC1(CN)CCc1ccccc1. The maximum absolute atomic E-state index is 12.8. The summed E-state index contributed by atoms with van der Waals surface area (Å²) < 4.78 is 5.44. The van der Waals surface area contributed by atoms with Gasteiger partial charge in [0.15, 0.2) is 0 Å². The molecule has 1 aliphatic carbocycles. The predicted octanol–water partition coefficient (Wildman–Crippen LogP) is 3.47. The molecule has 2 aromatic carbocycles. The Morgan fingerprint density at radius 3 is 2.29 bits per heavy atom. The van der Waals surface area contributed by atoms with Crippen molar-refractivity contribution in [3.8, 4) is 0 Å². The predicted molar refractivity (Wildman–Crippen MR) is 95.6 cm³/mol. The van der Waals surface area contributed by atoms with E-state index in [1.54, 1.807) is 0 Å². The molecule has 0 radical (unpaired) electrons. The first-order chi connectivity index (χ1) is 11.7. The van der Waals surface area contributed by atoms with Gasteiger partial charge >= 0.3 is 5.97 Å². The monoisotopic (exact) mass is 323 g/mol. The molecule has 0 saturated heterocycles. The molecule has 0 amide bonds. The lowest BCUT2D eigenvalue weighted by Crippen LogP contribution is -2.34. The standard InChI is InChI=1S/C21H25NO2/c1-2-24-19(23)21(18-11-7-4-8-12-18)15-20(21,16-22)14-13-17-9-5-3-6-10-17/h3-12H,2,13-16,22H2,1H3. The Hall–Kier alpha value is -2.13. The average molecular weight is 323 g/mol. The van der Waals surface area contributed by atoms with E-state index in [0.29, 0.717) is 13.2 Å². The highest BCUT2D eigenvalue weighted by Gasteiger charge is 2.72. The zero-order valence-corrected chi connectivity index (χ0v) is 14.2. The topological polar surface area (TPSA) is 52.3 Å². The van der Waals surface area contributed by atoms with Gasteiger partial charge < -0.3 is 10.5 Å². The Labute approximate surface area is 143 Å². The smallest absolute Gasteiger partial charge is 0.317 e. The van der Waals surface area contributed by atoms with E-state index in [2.05, 4.69) is 12.1 Å². The van der Waals surface area contributed by atoms with Crippen LogP contribution in [0.15, 0.2) is 60.7 Å². The Morgan fingerprint density at radius 2 is 1.71 bits per heavy atom. The zero-order chi connectivity index (χ0) is 17.0. The van der Waals surface area contributed by atoms with Crippen molar-refractivity contribution in [2.45, 2.75) is 31.6 Å². The van der Waals surface area contributed by atoms with Gasteiger partial charge in [-0.25, -0.2) is 0 Å². The number of carbonyl (C=O) groups excluding carboxylic acids is 1. The quantitative estimate of drug-likeness (QED) is 0.794. The summed E-state index contributed by atoms with van der Waals surface area (Å²) in [5.74, 6) is -0.130. The summed E-state index contributed by atoms with van der Waals surface area (Å²) >= 11 is 0. The fourth-order valence-corrected chi connectivity index (χ4v) is 3.93. The van der Waals surface area contributed by atoms with Gasteiger partial charge in [0.25, 0.3) is 0 Å². The molecule has 1 fully saturated rings. The van der Waals surface area contributed by atoms with Crippen LogP contribution in [0.25, 0.3) is 0 Å². The molecule has 3 nitrogen and oxygen atoms in total. The van der Waals surface area contributed by atoms with Crippen molar-refractivity contribution in [1.82, 2.24) is 0 Å². The van der Waals surface area contributed by atoms with Crippen LogP contribution >= 0.6 is 0 Å². The molecule has 1 aliphatic rings. The normalized spacial score (nSPS) is 25.2. The number of aryl methyl sites for hydroxylation is 1. The van der Waals surface area contributed by atoms with E-state index in [9.17, 15) is 4.79 Å². The van der Waals surface area contributed by atoms with E-state index in [0.717, 1.165) is 24.8 Å². The fourth-order valence-electron chi connectivity index (χ4n) is 3.93. The van der Waals surface area contributed by atoms with Crippen LogP contribution in [0.4, 0.5) is 0 Å². The van der Waals surface area contributed by atoms with Gasteiger partial charge in [0.2, 0.25) is 0 Å². The van der Waals surface area contributed by atoms with Crippen molar-refractivity contribution in [2.75, 3.05) is 13.2 Å². The number of rotatable bonds is 7. The Balaban J connectivity index is 1.88. The third kappa shape index (κ3) is 2.73. The van der Waals surface area contributed by atoms with Gasteiger partial charge in [-0.1, -0.05) is 60.7 Å². The van der Waals surface area contributed by atoms with Crippen LogP contribution in [0.2, 0.25) is 0 Å². The zero-order valence-electron chi connectivity index (χ0n) is 14.2. The van der Waals surface area contributed by atoms with Gasteiger partial charge in [0.05, 0.1) is 6.61 Å². The summed E-state index contributed by atoms with van der Waals surface area (Å²) in [5, 5.41) is 0. The summed E-state index contributed by atoms with van der Waals surface area (Å²) in [6.45, 7) is 2.74. The van der Waals surface area contributed by atoms with Crippen LogP contribution in [0, 0.1) is 5.41 Å². The largest absolute Gasteiger partial charge is 0.465 e. The second-order valence-electron chi connectivity index (χ2n) is 6.64. The van der Waals surface area contributed by atoms with Crippen molar-refractivity contribution in [1.29, 1.82) is 0 Å². The van der Waals surface area contributed by atoms with Crippen LogP contribution < -0.4 is 5.73 Å². The number of esters is 1. The summed E-state index contributed by atoms with van der Waals surface area (Å²) in [6, 6.07) is 20.3. The molecular formula is C21H25NO2. The van der Waals surface area contributed by atoms with Gasteiger partial charge in [-0.3, -0.25) is 4.79 Å². The van der Waals surface area contributed by atoms with Crippen LogP contribution in [-0.2, 0) is 21.4 Å². The average Bonchev–Trinajstić information content (AvgIpc) is 3.33. The minimum absolute atomic E-state index is 0.130. The lowest BCUT2D eigenvalue weighted by molar-refractivity contribution is -0.147. The maximum atomic E-state index is 12.8. The molecule has 3 rings (SSSR count). The van der Waals surface area contributed by atoms with Gasteiger partial charge in [-0.2, -0.15) is 0 Å². The van der Waals surface area contributed by atoms with Crippen molar-refractivity contribution >= 4 is 5.97 Å². The molecule has 0 bridgehead atoms. The molecule has 2 unspecified atom stereocenters. The highest BCUT2D eigenvalue weighted by molar-refractivity contribution is 5.89. The molecular weight excluding hydrogens is 298 g/mol. The number of hydrogen-bond donors (Lipinski definition) is 1. The van der Waals surface area contributed by atoms with E-state index < -0.39 is 5.41 Å². The molecule has 2 aromatic rings. The molecule has 1 saturated carbocycles. The van der Waals surface area contributed by atoms with E-state index in [1.807, 2.05) is 55.5 Å². The van der Waals surface area contributed by atoms with E-state index in [1.165, 1.54) is 5.56 Å². The highest BCUT2D eigenvalue weighted by Crippen LogP contribution is 2.67. The van der Waals surface area contributed by atoms with Gasteiger partial charge in [-0.15, -0.1) is 0 Å². The Bertz CT molecular complexity index is 685. The molecule has 0 aromatic heterocycles. The second kappa shape index (κ2) is 6.78. The first kappa shape index (κ1) is 16.7. The molecule has 3 heteroatoms. The summed E-state index contributed by atoms with van der Waals surface area (Å²) in [5.41, 5.74) is 7.68. The Morgan fingerprint density at radius 1 is 1.08 bits per heavy atom. The van der Waals surface area contributed by atoms with E-state index in [-0.39, 0.29) is 11.4 Å². The number of carbonyl (C=O) groups is 1. The summed E-state index contributed by atoms with van der Waals surface area (Å²) in [7, 11) is 0. The lowest BCUT2D eigenvalue weighted by Gasteiger charge is -2.24. The number of nitrogens with two attached hydrogens (primary N) is 1. The van der Waals surface area contributed by atoms with Crippen LogP contribution in [0.1, 0.15) is 30.9 Å². The number of hydrogen-bond acceptors (Lipinski definition) is 3. The molecule has 24 heavy (non-hydrogen) atoms. The first-order valence-corrected chi connectivity index (χ1v) is 8.65. The fraction of sp³-hybridized carbons (Fsp3) is 0.381. The number of benzene rings is 2. The van der Waals surface area contributed by atoms with Gasteiger partial charge in [-0.05, 0) is 43.9 Å². The molecule has 2 N–H and O–H groups in total. The van der Waals surface area contributed by atoms with Crippen molar-refractivity contribution in [3.05, 3.63) is 71.8 Å².